The Morgan fingerprint density at radius 3 is 2.86 bits per heavy atom. The average molecular weight is 303 g/mol. The van der Waals surface area contributed by atoms with Gasteiger partial charge in [0.25, 0.3) is 0 Å². The van der Waals surface area contributed by atoms with Crippen LogP contribution in [0.2, 0.25) is 0 Å². The van der Waals surface area contributed by atoms with Gasteiger partial charge in [-0.2, -0.15) is 0 Å². The lowest BCUT2D eigenvalue weighted by atomic mass is 10.1. The van der Waals surface area contributed by atoms with E-state index in [1.165, 1.54) is 5.56 Å². The number of unbranched alkanes of at least 4 members (excludes halogenated alkanes) is 1. The maximum atomic E-state index is 9.34. The van der Waals surface area contributed by atoms with Gasteiger partial charge in [0, 0.05) is 13.0 Å². The number of nitrogens with zero attached hydrogens (tertiary/aromatic N) is 3. The fraction of sp³-hybridized carbons (Fsp3) is 0.529. The first-order chi connectivity index (χ1) is 10.7. The van der Waals surface area contributed by atoms with Crippen molar-refractivity contribution in [2.45, 2.75) is 52.7 Å². The normalized spacial score (nSPS) is 10.9. The zero-order valence-corrected chi connectivity index (χ0v) is 13.5. The third kappa shape index (κ3) is 4.56. The fourth-order valence-electron chi connectivity index (χ4n) is 2.40. The number of ether oxygens (including phenoxy) is 1. The summed E-state index contributed by atoms with van der Waals surface area (Å²) in [5.41, 5.74) is 2.95. The highest BCUT2D eigenvalue weighted by Gasteiger charge is 2.11. The lowest BCUT2D eigenvalue weighted by Crippen LogP contribution is -2.10. The lowest BCUT2D eigenvalue weighted by Gasteiger charge is -2.09. The summed E-state index contributed by atoms with van der Waals surface area (Å²) in [6.07, 6.45) is 3.98. The zero-order valence-electron chi connectivity index (χ0n) is 13.5. The van der Waals surface area contributed by atoms with Crippen LogP contribution in [0.25, 0.3) is 0 Å². The molecular weight excluding hydrogens is 278 g/mol. The van der Waals surface area contributed by atoms with Gasteiger partial charge in [0.15, 0.2) is 0 Å². The Labute approximate surface area is 131 Å². The monoisotopic (exact) mass is 303 g/mol. The molecule has 5 nitrogen and oxygen atoms in total. The van der Waals surface area contributed by atoms with Crippen LogP contribution in [-0.4, -0.2) is 26.7 Å². The fourth-order valence-corrected chi connectivity index (χ4v) is 2.40. The smallest absolute Gasteiger partial charge is 0.119 e. The average Bonchev–Trinajstić information content (AvgIpc) is 2.91. The Hall–Kier alpha value is -1.88. The summed E-state index contributed by atoms with van der Waals surface area (Å²) < 4.78 is 7.66. The molecule has 120 valence electrons. The maximum Gasteiger partial charge on any atom is 0.119 e. The molecule has 1 aromatic heterocycles. The topological polar surface area (TPSA) is 60.2 Å². The van der Waals surface area contributed by atoms with E-state index < -0.39 is 0 Å². The number of hydrogen-bond acceptors (Lipinski definition) is 4. The Morgan fingerprint density at radius 2 is 2.14 bits per heavy atom. The highest BCUT2D eigenvalue weighted by molar-refractivity contribution is 5.27. The van der Waals surface area contributed by atoms with E-state index >= 15 is 0 Å². The molecule has 2 rings (SSSR count). The summed E-state index contributed by atoms with van der Waals surface area (Å²) in [5.74, 6) is 0.904. The van der Waals surface area contributed by atoms with E-state index in [2.05, 4.69) is 30.2 Å². The molecule has 0 aliphatic heterocycles. The van der Waals surface area contributed by atoms with E-state index in [0.29, 0.717) is 12.3 Å². The van der Waals surface area contributed by atoms with Crippen molar-refractivity contribution < 1.29 is 9.84 Å². The molecule has 0 spiro atoms. The Kier molecular flexibility index (Phi) is 6.40. The summed E-state index contributed by atoms with van der Waals surface area (Å²) in [6.45, 7) is 5.57. The predicted molar refractivity (Wildman–Crippen MR) is 85.8 cm³/mol. The van der Waals surface area contributed by atoms with Crippen molar-refractivity contribution in [2.75, 3.05) is 6.61 Å². The molecule has 2 aromatic rings. The van der Waals surface area contributed by atoms with Crippen molar-refractivity contribution in [3.05, 3.63) is 41.2 Å². The second kappa shape index (κ2) is 8.54. The molecule has 1 heterocycles. The molecule has 0 atom stereocenters. The van der Waals surface area contributed by atoms with Gasteiger partial charge in [-0.15, -0.1) is 5.10 Å². The maximum absolute atomic E-state index is 9.34. The number of benzene rings is 1. The second-order valence-electron chi connectivity index (χ2n) is 5.49. The summed E-state index contributed by atoms with van der Waals surface area (Å²) in [6, 6.07) is 8.06. The number of aryl methyl sites for hydroxylation is 2. The van der Waals surface area contributed by atoms with Crippen LogP contribution < -0.4 is 4.74 Å². The van der Waals surface area contributed by atoms with Crippen LogP contribution in [0.3, 0.4) is 0 Å². The van der Waals surface area contributed by atoms with Crippen molar-refractivity contribution in [3.8, 4) is 5.75 Å². The Morgan fingerprint density at radius 1 is 1.27 bits per heavy atom. The van der Waals surface area contributed by atoms with Gasteiger partial charge in [-0.1, -0.05) is 30.7 Å². The highest BCUT2D eigenvalue weighted by atomic mass is 16.5. The molecular formula is C17H25N3O2. The van der Waals surface area contributed by atoms with E-state index in [-0.39, 0.29) is 6.61 Å². The minimum atomic E-state index is -0.0428. The first-order valence-electron chi connectivity index (χ1n) is 7.96. The van der Waals surface area contributed by atoms with Gasteiger partial charge in [-0.05, 0) is 37.5 Å². The van der Waals surface area contributed by atoms with Crippen molar-refractivity contribution in [3.63, 3.8) is 0 Å². The van der Waals surface area contributed by atoms with E-state index in [4.69, 9.17) is 4.74 Å². The molecule has 22 heavy (non-hydrogen) atoms. The lowest BCUT2D eigenvalue weighted by molar-refractivity contribution is 0.275. The molecule has 0 amide bonds. The molecule has 0 saturated carbocycles. The molecule has 0 radical (unpaired) electrons. The first kappa shape index (κ1) is 16.5. The summed E-state index contributed by atoms with van der Waals surface area (Å²) in [5, 5.41) is 17.5. The minimum Gasteiger partial charge on any atom is -0.494 e. The summed E-state index contributed by atoms with van der Waals surface area (Å²) in [4.78, 5) is 0. The van der Waals surface area contributed by atoms with Crippen molar-refractivity contribution in [1.29, 1.82) is 0 Å². The van der Waals surface area contributed by atoms with Gasteiger partial charge < -0.3 is 9.84 Å². The number of aliphatic hydroxyl groups excluding tert-OH is 1. The Bertz CT molecular complexity index is 581. The second-order valence-corrected chi connectivity index (χ2v) is 5.49. The predicted octanol–water partition coefficient (Wildman–Crippen LogP) is 2.89. The van der Waals surface area contributed by atoms with Crippen molar-refractivity contribution in [1.82, 2.24) is 15.0 Å². The number of rotatable bonds is 9. The minimum absolute atomic E-state index is 0.0428. The SMILES string of the molecule is CCCCc1c(CO)nnn1CCCOc1cccc(C)c1. The first-order valence-corrected chi connectivity index (χ1v) is 7.96. The summed E-state index contributed by atoms with van der Waals surface area (Å²) in [7, 11) is 0. The highest BCUT2D eigenvalue weighted by Crippen LogP contribution is 2.13. The van der Waals surface area contributed by atoms with E-state index in [1.54, 1.807) is 0 Å². The van der Waals surface area contributed by atoms with Crippen LogP contribution >= 0.6 is 0 Å². The quantitative estimate of drug-likeness (QED) is 0.724. The molecule has 0 saturated heterocycles. The van der Waals surface area contributed by atoms with Crippen LogP contribution in [0.15, 0.2) is 24.3 Å². The Balaban J connectivity index is 1.84. The summed E-state index contributed by atoms with van der Waals surface area (Å²) >= 11 is 0. The van der Waals surface area contributed by atoms with Crippen LogP contribution in [0.4, 0.5) is 0 Å². The third-order valence-electron chi connectivity index (χ3n) is 3.61. The van der Waals surface area contributed by atoms with Crippen molar-refractivity contribution >= 4 is 0 Å². The van der Waals surface area contributed by atoms with E-state index in [1.807, 2.05) is 22.9 Å². The van der Waals surface area contributed by atoms with Crippen LogP contribution in [-0.2, 0) is 19.6 Å². The zero-order chi connectivity index (χ0) is 15.8. The molecule has 0 aliphatic rings. The van der Waals surface area contributed by atoms with E-state index in [9.17, 15) is 5.11 Å². The number of hydrogen-bond donors (Lipinski definition) is 1. The molecule has 1 aromatic carbocycles. The van der Waals surface area contributed by atoms with Crippen LogP contribution in [0.5, 0.6) is 5.75 Å². The van der Waals surface area contributed by atoms with Gasteiger partial charge in [0.2, 0.25) is 0 Å². The van der Waals surface area contributed by atoms with Gasteiger partial charge >= 0.3 is 0 Å². The largest absolute Gasteiger partial charge is 0.494 e. The van der Waals surface area contributed by atoms with Gasteiger partial charge in [-0.3, -0.25) is 0 Å². The van der Waals surface area contributed by atoms with Crippen LogP contribution in [0.1, 0.15) is 43.1 Å². The van der Waals surface area contributed by atoms with Gasteiger partial charge in [0.1, 0.15) is 11.4 Å². The molecule has 1 N–H and O–H groups in total. The van der Waals surface area contributed by atoms with Gasteiger partial charge in [-0.25, -0.2) is 4.68 Å². The molecule has 0 fully saturated rings. The molecule has 5 heteroatoms. The van der Waals surface area contributed by atoms with Crippen molar-refractivity contribution in [2.24, 2.45) is 0 Å². The van der Waals surface area contributed by atoms with Gasteiger partial charge in [0.05, 0.1) is 18.9 Å². The standard InChI is InChI=1S/C17H25N3O2/c1-3-4-9-17-16(13-21)18-19-20(17)10-6-11-22-15-8-5-7-14(2)12-15/h5,7-8,12,21H,3-4,6,9-11,13H2,1-2H3. The molecule has 0 unspecified atom stereocenters. The number of aromatic nitrogens is 3. The van der Waals surface area contributed by atoms with E-state index in [0.717, 1.165) is 43.7 Å². The van der Waals surface area contributed by atoms with Crippen LogP contribution in [0, 0.1) is 6.92 Å². The molecule has 0 bridgehead atoms. The number of aliphatic hydroxyl groups is 1. The molecule has 0 aliphatic carbocycles. The third-order valence-corrected chi connectivity index (χ3v) is 3.61.